The van der Waals surface area contributed by atoms with Crippen molar-refractivity contribution < 1.29 is 4.74 Å². The van der Waals surface area contributed by atoms with Crippen LogP contribution in [0.1, 0.15) is 25.8 Å². The molecule has 66 valence electrons. The molecule has 0 amide bonds. The Labute approximate surface area is 74.4 Å². The monoisotopic (exact) mass is 164 g/mol. The molecule has 0 fully saturated rings. The van der Waals surface area contributed by atoms with E-state index in [1.807, 2.05) is 12.1 Å². The molecular weight excluding hydrogens is 148 g/mol. The molecule has 1 nitrogen and oxygen atoms in total. The lowest BCUT2D eigenvalue weighted by molar-refractivity contribution is 0.217. The normalized spacial score (nSPS) is 12.6. The molecule has 0 aliphatic carbocycles. The van der Waals surface area contributed by atoms with Gasteiger partial charge in [-0.2, -0.15) is 0 Å². The standard InChI is InChI=1S/C11H16O/c1-4-10(3)12-11-7-5-9(2)6-8-11/h5-8,10H,4H2,1-3H3. The van der Waals surface area contributed by atoms with E-state index in [9.17, 15) is 0 Å². The third-order valence-electron chi connectivity index (χ3n) is 1.93. The van der Waals surface area contributed by atoms with Gasteiger partial charge in [0.1, 0.15) is 5.75 Å². The highest BCUT2D eigenvalue weighted by Crippen LogP contribution is 2.13. The molecule has 0 saturated carbocycles. The molecule has 0 radical (unpaired) electrons. The topological polar surface area (TPSA) is 9.23 Å². The summed E-state index contributed by atoms with van der Waals surface area (Å²) in [4.78, 5) is 0. The van der Waals surface area contributed by atoms with Crippen molar-refractivity contribution >= 4 is 0 Å². The zero-order valence-corrected chi connectivity index (χ0v) is 8.00. The van der Waals surface area contributed by atoms with Crippen LogP contribution in [0.15, 0.2) is 24.3 Å². The summed E-state index contributed by atoms with van der Waals surface area (Å²) < 4.78 is 5.62. The molecule has 12 heavy (non-hydrogen) atoms. The molecule has 0 N–H and O–H groups in total. The summed E-state index contributed by atoms with van der Waals surface area (Å²) in [5.74, 6) is 0.968. The fraction of sp³-hybridized carbons (Fsp3) is 0.455. The molecule has 0 bridgehead atoms. The molecule has 1 rings (SSSR count). The second-order valence-corrected chi connectivity index (χ2v) is 3.15. The largest absolute Gasteiger partial charge is 0.491 e. The molecule has 0 heterocycles. The zero-order chi connectivity index (χ0) is 8.97. The third kappa shape index (κ3) is 2.57. The predicted molar refractivity (Wildman–Crippen MR) is 51.6 cm³/mol. The van der Waals surface area contributed by atoms with Crippen LogP contribution >= 0.6 is 0 Å². The van der Waals surface area contributed by atoms with Gasteiger partial charge in [-0.25, -0.2) is 0 Å². The van der Waals surface area contributed by atoms with Crippen LogP contribution in [-0.2, 0) is 0 Å². The van der Waals surface area contributed by atoms with Gasteiger partial charge >= 0.3 is 0 Å². The minimum Gasteiger partial charge on any atom is -0.491 e. The van der Waals surface area contributed by atoms with E-state index in [4.69, 9.17) is 4.74 Å². The second-order valence-electron chi connectivity index (χ2n) is 3.15. The minimum absolute atomic E-state index is 0.313. The second kappa shape index (κ2) is 4.15. The maximum atomic E-state index is 5.62. The summed E-state index contributed by atoms with van der Waals surface area (Å²) >= 11 is 0. The highest BCUT2D eigenvalue weighted by atomic mass is 16.5. The summed E-state index contributed by atoms with van der Waals surface area (Å²) in [7, 11) is 0. The smallest absolute Gasteiger partial charge is 0.119 e. The number of rotatable bonds is 3. The first-order valence-corrected chi connectivity index (χ1v) is 4.45. The molecule has 1 heteroatoms. The van der Waals surface area contributed by atoms with E-state index in [2.05, 4.69) is 32.9 Å². The van der Waals surface area contributed by atoms with Crippen LogP contribution in [0.5, 0.6) is 5.75 Å². The van der Waals surface area contributed by atoms with Crippen LogP contribution in [0.4, 0.5) is 0 Å². The predicted octanol–water partition coefficient (Wildman–Crippen LogP) is 3.17. The van der Waals surface area contributed by atoms with Crippen molar-refractivity contribution in [1.29, 1.82) is 0 Å². The van der Waals surface area contributed by atoms with Crippen LogP contribution in [0.3, 0.4) is 0 Å². The van der Waals surface area contributed by atoms with E-state index < -0.39 is 0 Å². The highest BCUT2D eigenvalue weighted by molar-refractivity contribution is 5.26. The maximum absolute atomic E-state index is 5.62. The van der Waals surface area contributed by atoms with Crippen molar-refractivity contribution in [3.8, 4) is 5.75 Å². The fourth-order valence-corrected chi connectivity index (χ4v) is 0.932. The minimum atomic E-state index is 0.313. The van der Waals surface area contributed by atoms with Gasteiger partial charge < -0.3 is 4.74 Å². The van der Waals surface area contributed by atoms with Crippen LogP contribution in [0, 0.1) is 6.92 Å². The zero-order valence-electron chi connectivity index (χ0n) is 8.00. The van der Waals surface area contributed by atoms with Crippen LogP contribution < -0.4 is 4.74 Å². The molecule has 0 aliphatic rings. The summed E-state index contributed by atoms with van der Waals surface area (Å²) in [6.07, 6.45) is 1.36. The first kappa shape index (κ1) is 9.11. The lowest BCUT2D eigenvalue weighted by Crippen LogP contribution is -2.09. The van der Waals surface area contributed by atoms with E-state index in [1.54, 1.807) is 0 Å². The van der Waals surface area contributed by atoms with E-state index in [1.165, 1.54) is 5.56 Å². The lowest BCUT2D eigenvalue weighted by Gasteiger charge is -2.12. The summed E-state index contributed by atoms with van der Waals surface area (Å²) in [5, 5.41) is 0. The van der Waals surface area contributed by atoms with E-state index in [0.717, 1.165) is 12.2 Å². The van der Waals surface area contributed by atoms with Crippen molar-refractivity contribution in [1.82, 2.24) is 0 Å². The Balaban J connectivity index is 2.58. The molecule has 1 unspecified atom stereocenters. The molecule has 1 aromatic rings. The van der Waals surface area contributed by atoms with Gasteiger partial charge in [0, 0.05) is 0 Å². The Bertz CT molecular complexity index is 225. The Morgan fingerprint density at radius 1 is 1.25 bits per heavy atom. The van der Waals surface area contributed by atoms with E-state index in [-0.39, 0.29) is 0 Å². The van der Waals surface area contributed by atoms with Gasteiger partial charge in [-0.3, -0.25) is 0 Å². The lowest BCUT2D eigenvalue weighted by atomic mass is 10.2. The molecule has 0 aromatic heterocycles. The molecule has 1 atom stereocenters. The van der Waals surface area contributed by atoms with Crippen molar-refractivity contribution in [2.75, 3.05) is 0 Å². The Morgan fingerprint density at radius 3 is 2.33 bits per heavy atom. The van der Waals surface area contributed by atoms with Gasteiger partial charge in [0.25, 0.3) is 0 Å². The third-order valence-corrected chi connectivity index (χ3v) is 1.93. The van der Waals surface area contributed by atoms with Gasteiger partial charge in [-0.05, 0) is 32.4 Å². The fourth-order valence-electron chi connectivity index (χ4n) is 0.932. The Kier molecular flexibility index (Phi) is 3.15. The quantitative estimate of drug-likeness (QED) is 0.666. The van der Waals surface area contributed by atoms with Gasteiger partial charge in [-0.15, -0.1) is 0 Å². The van der Waals surface area contributed by atoms with Gasteiger partial charge in [0.05, 0.1) is 6.10 Å². The number of aryl methyl sites for hydroxylation is 1. The van der Waals surface area contributed by atoms with Crippen LogP contribution in [0.25, 0.3) is 0 Å². The van der Waals surface area contributed by atoms with E-state index >= 15 is 0 Å². The van der Waals surface area contributed by atoms with Gasteiger partial charge in [0.15, 0.2) is 0 Å². The van der Waals surface area contributed by atoms with Crippen LogP contribution in [0.2, 0.25) is 0 Å². The van der Waals surface area contributed by atoms with E-state index in [0.29, 0.717) is 6.10 Å². The van der Waals surface area contributed by atoms with Crippen molar-refractivity contribution in [2.24, 2.45) is 0 Å². The van der Waals surface area contributed by atoms with Gasteiger partial charge in [0.2, 0.25) is 0 Å². The first-order chi connectivity index (χ1) is 5.72. The van der Waals surface area contributed by atoms with Crippen molar-refractivity contribution in [3.05, 3.63) is 29.8 Å². The highest BCUT2D eigenvalue weighted by Gasteiger charge is 1.99. The summed E-state index contributed by atoms with van der Waals surface area (Å²) in [6.45, 7) is 6.28. The average molecular weight is 164 g/mol. The summed E-state index contributed by atoms with van der Waals surface area (Å²) in [6, 6.07) is 8.17. The molecule has 0 saturated heterocycles. The molecule has 0 aliphatic heterocycles. The van der Waals surface area contributed by atoms with Crippen molar-refractivity contribution in [3.63, 3.8) is 0 Å². The first-order valence-electron chi connectivity index (χ1n) is 4.45. The SMILES string of the molecule is CCC(C)Oc1ccc(C)cc1. The van der Waals surface area contributed by atoms with Crippen molar-refractivity contribution in [2.45, 2.75) is 33.3 Å². The maximum Gasteiger partial charge on any atom is 0.119 e. The Morgan fingerprint density at radius 2 is 1.83 bits per heavy atom. The van der Waals surface area contributed by atoms with Gasteiger partial charge in [-0.1, -0.05) is 24.6 Å². The number of hydrogen-bond acceptors (Lipinski definition) is 1. The number of hydrogen-bond donors (Lipinski definition) is 0. The molecule has 0 spiro atoms. The van der Waals surface area contributed by atoms with Crippen LogP contribution in [-0.4, -0.2) is 6.10 Å². The molecule has 1 aromatic carbocycles. The molecular formula is C11H16O. The average Bonchev–Trinajstić information content (AvgIpc) is 2.09. The Hall–Kier alpha value is -0.980. The number of ether oxygens (including phenoxy) is 1. The summed E-state index contributed by atoms with van der Waals surface area (Å²) in [5.41, 5.74) is 1.27. The number of benzene rings is 1.